The van der Waals surface area contributed by atoms with Gasteiger partial charge in [-0.1, -0.05) is 0 Å². The van der Waals surface area contributed by atoms with Crippen LogP contribution >= 0.6 is 11.3 Å². The molecule has 4 heteroatoms. The predicted octanol–water partition coefficient (Wildman–Crippen LogP) is 3.00. The van der Waals surface area contributed by atoms with Gasteiger partial charge in [-0.25, -0.2) is 4.98 Å². The van der Waals surface area contributed by atoms with E-state index < -0.39 is 0 Å². The molecule has 1 unspecified atom stereocenters. The van der Waals surface area contributed by atoms with Gasteiger partial charge in [-0.05, 0) is 25.1 Å². The lowest BCUT2D eigenvalue weighted by molar-refractivity contribution is 0.226. The van der Waals surface area contributed by atoms with E-state index in [0.29, 0.717) is 0 Å². The topological polar surface area (TPSA) is 34.2 Å². The van der Waals surface area contributed by atoms with Crippen LogP contribution in [-0.4, -0.2) is 17.6 Å². The molecule has 3 nitrogen and oxygen atoms in total. The summed E-state index contributed by atoms with van der Waals surface area (Å²) in [6.45, 7) is 2.92. The molecule has 0 bridgehead atoms. The quantitative estimate of drug-likeness (QED) is 0.820. The van der Waals surface area contributed by atoms with Crippen LogP contribution in [0.15, 0.2) is 29.8 Å². The van der Waals surface area contributed by atoms with Crippen molar-refractivity contribution in [2.24, 2.45) is 0 Å². The maximum absolute atomic E-state index is 5.72. The van der Waals surface area contributed by atoms with E-state index in [-0.39, 0.29) is 6.10 Å². The van der Waals surface area contributed by atoms with Gasteiger partial charge in [0.1, 0.15) is 16.9 Å². The molecule has 1 N–H and O–H groups in total. The molecule has 1 aromatic heterocycles. The zero-order valence-electron chi connectivity index (χ0n) is 8.93. The number of fused-ring (bicyclic) bond motifs is 1. The highest BCUT2D eigenvalue weighted by molar-refractivity contribution is 7.13. The number of benzene rings is 1. The Morgan fingerprint density at radius 2 is 2.44 bits per heavy atom. The van der Waals surface area contributed by atoms with E-state index in [1.807, 2.05) is 17.6 Å². The minimum atomic E-state index is 0.234. The maximum Gasteiger partial charge on any atom is 0.142 e. The Bertz CT molecular complexity index is 496. The fourth-order valence-corrected chi connectivity index (χ4v) is 2.42. The van der Waals surface area contributed by atoms with Crippen LogP contribution < -0.4 is 10.1 Å². The van der Waals surface area contributed by atoms with Crippen molar-refractivity contribution >= 4 is 17.0 Å². The number of thiazole rings is 1. The van der Waals surface area contributed by atoms with Crippen LogP contribution in [0.25, 0.3) is 10.6 Å². The monoisotopic (exact) mass is 232 g/mol. The van der Waals surface area contributed by atoms with Crippen LogP contribution in [0.3, 0.4) is 0 Å². The molecule has 0 saturated heterocycles. The molecular formula is C12H12N2OS. The largest absolute Gasteiger partial charge is 0.487 e. The minimum Gasteiger partial charge on any atom is -0.487 e. The molecule has 0 amide bonds. The minimum absolute atomic E-state index is 0.234. The van der Waals surface area contributed by atoms with E-state index in [9.17, 15) is 0 Å². The van der Waals surface area contributed by atoms with E-state index in [2.05, 4.69) is 29.4 Å². The zero-order valence-corrected chi connectivity index (χ0v) is 9.75. The van der Waals surface area contributed by atoms with Gasteiger partial charge in [0, 0.05) is 17.1 Å². The fraction of sp³-hybridized carbons (Fsp3) is 0.250. The number of ether oxygens (including phenoxy) is 1. The molecule has 82 valence electrons. The third kappa shape index (κ3) is 1.65. The molecule has 0 saturated carbocycles. The third-order valence-corrected chi connectivity index (χ3v) is 3.39. The van der Waals surface area contributed by atoms with Crippen molar-refractivity contribution in [2.45, 2.75) is 13.0 Å². The van der Waals surface area contributed by atoms with E-state index in [1.165, 1.54) is 0 Å². The zero-order chi connectivity index (χ0) is 11.0. The van der Waals surface area contributed by atoms with Crippen molar-refractivity contribution in [1.82, 2.24) is 4.98 Å². The number of anilines is 1. The Balaban J connectivity index is 2.00. The lowest BCUT2D eigenvalue weighted by atomic mass is 10.1. The first-order valence-corrected chi connectivity index (χ1v) is 6.15. The molecule has 16 heavy (non-hydrogen) atoms. The normalized spacial score (nSPS) is 18.4. The number of rotatable bonds is 1. The second-order valence-electron chi connectivity index (χ2n) is 3.86. The Morgan fingerprint density at radius 3 is 3.25 bits per heavy atom. The summed E-state index contributed by atoms with van der Waals surface area (Å²) < 4.78 is 5.72. The summed E-state index contributed by atoms with van der Waals surface area (Å²) in [7, 11) is 0. The number of hydrogen-bond acceptors (Lipinski definition) is 4. The van der Waals surface area contributed by atoms with Crippen molar-refractivity contribution in [2.75, 3.05) is 11.9 Å². The molecule has 0 fully saturated rings. The average molecular weight is 232 g/mol. The molecule has 1 aliphatic heterocycles. The molecule has 1 aromatic carbocycles. The first-order valence-electron chi connectivity index (χ1n) is 5.27. The molecule has 1 atom stereocenters. The van der Waals surface area contributed by atoms with Crippen LogP contribution in [-0.2, 0) is 0 Å². The van der Waals surface area contributed by atoms with E-state index in [1.54, 1.807) is 11.3 Å². The molecule has 0 radical (unpaired) electrons. The number of nitrogens with one attached hydrogen (secondary N) is 1. The Kier molecular flexibility index (Phi) is 2.29. The highest BCUT2D eigenvalue weighted by Gasteiger charge is 2.15. The average Bonchev–Trinajstić information content (AvgIpc) is 2.82. The van der Waals surface area contributed by atoms with Crippen LogP contribution in [0.4, 0.5) is 5.69 Å². The van der Waals surface area contributed by atoms with Gasteiger partial charge in [-0.2, -0.15) is 0 Å². The third-order valence-electron chi connectivity index (χ3n) is 2.57. The van der Waals surface area contributed by atoms with E-state index in [0.717, 1.165) is 28.6 Å². The fourth-order valence-electron chi connectivity index (χ4n) is 1.78. The van der Waals surface area contributed by atoms with Gasteiger partial charge in [-0.3, -0.25) is 0 Å². The van der Waals surface area contributed by atoms with Crippen LogP contribution in [0.1, 0.15) is 6.92 Å². The summed E-state index contributed by atoms with van der Waals surface area (Å²) in [4.78, 5) is 4.30. The van der Waals surface area contributed by atoms with Gasteiger partial charge in [0.05, 0.1) is 12.2 Å². The molecule has 3 rings (SSSR count). The summed E-state index contributed by atoms with van der Waals surface area (Å²) in [5.74, 6) is 0.930. The van der Waals surface area contributed by atoms with Gasteiger partial charge in [0.2, 0.25) is 0 Å². The van der Waals surface area contributed by atoms with Gasteiger partial charge in [0.25, 0.3) is 0 Å². The molecular weight excluding hydrogens is 220 g/mol. The Labute approximate surface area is 98.1 Å². The number of hydrogen-bond donors (Lipinski definition) is 1. The summed E-state index contributed by atoms with van der Waals surface area (Å²) >= 11 is 1.65. The van der Waals surface area contributed by atoms with Gasteiger partial charge in [-0.15, -0.1) is 11.3 Å². The first kappa shape index (κ1) is 9.66. The molecule has 0 spiro atoms. The van der Waals surface area contributed by atoms with Crippen LogP contribution in [0, 0.1) is 0 Å². The highest BCUT2D eigenvalue weighted by Crippen LogP contribution is 2.34. The molecule has 2 heterocycles. The van der Waals surface area contributed by atoms with Crippen molar-refractivity contribution < 1.29 is 4.74 Å². The van der Waals surface area contributed by atoms with E-state index in [4.69, 9.17) is 4.74 Å². The summed E-state index contributed by atoms with van der Waals surface area (Å²) in [6.07, 6.45) is 2.06. The SMILES string of the molecule is CC1CNc2cc(-c3nccs3)ccc2O1. The highest BCUT2D eigenvalue weighted by atomic mass is 32.1. The van der Waals surface area contributed by atoms with Crippen molar-refractivity contribution in [3.8, 4) is 16.3 Å². The smallest absolute Gasteiger partial charge is 0.142 e. The number of nitrogens with zero attached hydrogens (tertiary/aromatic N) is 1. The van der Waals surface area contributed by atoms with Crippen molar-refractivity contribution in [3.63, 3.8) is 0 Å². The molecule has 0 aliphatic carbocycles. The lowest BCUT2D eigenvalue weighted by Crippen LogP contribution is -2.27. The predicted molar refractivity (Wildman–Crippen MR) is 66.1 cm³/mol. The standard InChI is InChI=1S/C12H12N2OS/c1-8-7-14-10-6-9(2-3-11(10)15-8)12-13-4-5-16-12/h2-6,8,14H,7H2,1H3. The first-order chi connectivity index (χ1) is 7.83. The molecule has 1 aliphatic rings. The van der Waals surface area contributed by atoms with Gasteiger partial charge in [0.15, 0.2) is 0 Å². The molecule has 2 aromatic rings. The van der Waals surface area contributed by atoms with Crippen molar-refractivity contribution in [3.05, 3.63) is 29.8 Å². The van der Waals surface area contributed by atoms with Crippen molar-refractivity contribution in [1.29, 1.82) is 0 Å². The summed E-state index contributed by atoms with van der Waals surface area (Å²) in [6, 6.07) is 6.16. The van der Waals surface area contributed by atoms with E-state index >= 15 is 0 Å². The second-order valence-corrected chi connectivity index (χ2v) is 4.75. The number of aromatic nitrogens is 1. The van der Waals surface area contributed by atoms with Crippen LogP contribution in [0.2, 0.25) is 0 Å². The van der Waals surface area contributed by atoms with Crippen LogP contribution in [0.5, 0.6) is 5.75 Å². The van der Waals surface area contributed by atoms with Gasteiger partial charge < -0.3 is 10.1 Å². The summed E-state index contributed by atoms with van der Waals surface area (Å²) in [5.41, 5.74) is 2.20. The van der Waals surface area contributed by atoms with Gasteiger partial charge >= 0.3 is 0 Å². The summed E-state index contributed by atoms with van der Waals surface area (Å²) in [5, 5.41) is 6.40. The maximum atomic E-state index is 5.72. The second kappa shape index (κ2) is 3.79. The Hall–Kier alpha value is -1.55. The lowest BCUT2D eigenvalue weighted by Gasteiger charge is -2.25. The Morgan fingerprint density at radius 1 is 1.50 bits per heavy atom.